The monoisotopic (exact) mass is 264 g/mol. The minimum absolute atomic E-state index is 0.859. The van der Waals surface area contributed by atoms with E-state index in [4.69, 9.17) is 11.6 Å². The molecular weight excluding hydrogens is 244 g/mol. The van der Waals surface area contributed by atoms with Gasteiger partial charge in [0, 0.05) is 24.7 Å². The van der Waals surface area contributed by atoms with E-state index in [0.29, 0.717) is 0 Å². The average Bonchev–Trinajstić information content (AvgIpc) is 2.92. The van der Waals surface area contributed by atoms with Crippen molar-refractivity contribution < 1.29 is 0 Å². The van der Waals surface area contributed by atoms with Crippen LogP contribution in [0.1, 0.15) is 18.1 Å². The van der Waals surface area contributed by atoms with Gasteiger partial charge in [0.25, 0.3) is 0 Å². The molecule has 3 rings (SSSR count). The van der Waals surface area contributed by atoms with Crippen LogP contribution in [0.4, 0.5) is 0 Å². The molecule has 0 bridgehead atoms. The maximum absolute atomic E-state index is 6.37. The van der Waals surface area contributed by atoms with E-state index in [1.807, 2.05) is 6.07 Å². The first-order chi connectivity index (χ1) is 8.78. The smallest absolute Gasteiger partial charge is 0.0453 e. The molecule has 1 aromatic rings. The van der Waals surface area contributed by atoms with Crippen molar-refractivity contribution in [2.24, 2.45) is 11.8 Å². The van der Waals surface area contributed by atoms with E-state index in [1.54, 1.807) is 0 Å². The molecule has 2 aliphatic heterocycles. The van der Waals surface area contributed by atoms with Gasteiger partial charge in [0.15, 0.2) is 0 Å². The summed E-state index contributed by atoms with van der Waals surface area (Å²) in [6.07, 6.45) is 1.07. The fraction of sp³-hybridized carbons (Fsp3) is 0.600. The van der Waals surface area contributed by atoms with E-state index in [0.717, 1.165) is 29.8 Å². The molecule has 1 aromatic carbocycles. The van der Waals surface area contributed by atoms with Crippen LogP contribution in [0.3, 0.4) is 0 Å². The van der Waals surface area contributed by atoms with Crippen LogP contribution < -0.4 is 5.32 Å². The Bertz CT molecular complexity index is 421. The molecule has 18 heavy (non-hydrogen) atoms. The predicted molar refractivity (Wildman–Crippen MR) is 76.0 cm³/mol. The van der Waals surface area contributed by atoms with Gasteiger partial charge >= 0.3 is 0 Å². The molecule has 1 N–H and O–H groups in total. The van der Waals surface area contributed by atoms with Gasteiger partial charge in [0.05, 0.1) is 0 Å². The SMILES string of the molecule is CCc1cccc(Cl)c1CN1C[C@H]2CNC[C@H]2C1. The summed E-state index contributed by atoms with van der Waals surface area (Å²) in [6, 6.07) is 6.29. The zero-order valence-electron chi connectivity index (χ0n) is 11.0. The number of nitrogens with zero attached hydrogens (tertiary/aromatic N) is 1. The topological polar surface area (TPSA) is 15.3 Å². The van der Waals surface area contributed by atoms with Gasteiger partial charge in [-0.05, 0) is 48.5 Å². The van der Waals surface area contributed by atoms with Gasteiger partial charge in [0.2, 0.25) is 0 Å². The Morgan fingerprint density at radius 2 is 2.00 bits per heavy atom. The third-order valence-electron chi connectivity index (χ3n) is 4.44. The lowest BCUT2D eigenvalue weighted by Crippen LogP contribution is -2.26. The number of nitrogens with one attached hydrogen (secondary N) is 1. The lowest BCUT2D eigenvalue weighted by Gasteiger charge is -2.20. The molecule has 98 valence electrons. The van der Waals surface area contributed by atoms with Crippen LogP contribution in [0.15, 0.2) is 18.2 Å². The Hall–Kier alpha value is -0.570. The van der Waals surface area contributed by atoms with Crippen LogP contribution in [0.25, 0.3) is 0 Å². The highest BCUT2D eigenvalue weighted by Crippen LogP contribution is 2.30. The van der Waals surface area contributed by atoms with Gasteiger partial charge in [-0.3, -0.25) is 4.90 Å². The maximum atomic E-state index is 6.37. The summed E-state index contributed by atoms with van der Waals surface area (Å²) in [5, 5.41) is 4.42. The summed E-state index contributed by atoms with van der Waals surface area (Å²) in [4.78, 5) is 2.58. The van der Waals surface area contributed by atoms with Crippen molar-refractivity contribution in [3.05, 3.63) is 34.3 Å². The minimum atomic E-state index is 0.859. The van der Waals surface area contributed by atoms with Gasteiger partial charge < -0.3 is 5.32 Å². The molecule has 2 heterocycles. The molecule has 0 radical (unpaired) electrons. The summed E-state index contributed by atoms with van der Waals surface area (Å²) in [5.41, 5.74) is 2.74. The van der Waals surface area contributed by atoms with E-state index in [-0.39, 0.29) is 0 Å². The first-order valence-corrected chi connectivity index (χ1v) is 7.35. The van der Waals surface area contributed by atoms with Crippen LogP contribution >= 0.6 is 11.6 Å². The molecular formula is C15H21ClN2. The molecule has 2 saturated heterocycles. The number of fused-ring (bicyclic) bond motifs is 1. The Morgan fingerprint density at radius 1 is 1.28 bits per heavy atom. The molecule has 0 amide bonds. The summed E-state index contributed by atoms with van der Waals surface area (Å²) in [7, 11) is 0. The van der Waals surface area contributed by atoms with Crippen molar-refractivity contribution in [2.75, 3.05) is 26.2 Å². The van der Waals surface area contributed by atoms with Crippen molar-refractivity contribution in [1.82, 2.24) is 10.2 Å². The highest BCUT2D eigenvalue weighted by molar-refractivity contribution is 6.31. The van der Waals surface area contributed by atoms with Crippen LogP contribution in [0.2, 0.25) is 5.02 Å². The van der Waals surface area contributed by atoms with E-state index in [9.17, 15) is 0 Å². The van der Waals surface area contributed by atoms with E-state index in [1.165, 1.54) is 37.3 Å². The van der Waals surface area contributed by atoms with E-state index < -0.39 is 0 Å². The third-order valence-corrected chi connectivity index (χ3v) is 4.80. The molecule has 3 heteroatoms. The summed E-state index contributed by atoms with van der Waals surface area (Å²) < 4.78 is 0. The normalized spacial score (nSPS) is 27.7. The highest BCUT2D eigenvalue weighted by atomic mass is 35.5. The Morgan fingerprint density at radius 3 is 2.67 bits per heavy atom. The largest absolute Gasteiger partial charge is 0.316 e. The number of likely N-dealkylation sites (tertiary alicyclic amines) is 1. The molecule has 0 spiro atoms. The minimum Gasteiger partial charge on any atom is -0.316 e. The second-order valence-electron chi connectivity index (χ2n) is 5.60. The van der Waals surface area contributed by atoms with Crippen LogP contribution in [0, 0.1) is 11.8 Å². The van der Waals surface area contributed by atoms with Crippen molar-refractivity contribution in [3.8, 4) is 0 Å². The van der Waals surface area contributed by atoms with Crippen molar-refractivity contribution in [3.63, 3.8) is 0 Å². The average molecular weight is 265 g/mol. The Balaban J connectivity index is 1.73. The fourth-order valence-corrected chi connectivity index (χ4v) is 3.67. The predicted octanol–water partition coefficient (Wildman–Crippen LogP) is 2.55. The summed E-state index contributed by atoms with van der Waals surface area (Å²) in [6.45, 7) is 8.08. The zero-order valence-corrected chi connectivity index (χ0v) is 11.7. The molecule has 2 aliphatic rings. The molecule has 2 nitrogen and oxygen atoms in total. The van der Waals surface area contributed by atoms with Crippen LogP contribution in [-0.4, -0.2) is 31.1 Å². The number of rotatable bonds is 3. The van der Waals surface area contributed by atoms with Crippen LogP contribution in [-0.2, 0) is 13.0 Å². The van der Waals surface area contributed by atoms with Crippen LogP contribution in [0.5, 0.6) is 0 Å². The van der Waals surface area contributed by atoms with E-state index >= 15 is 0 Å². The zero-order chi connectivity index (χ0) is 12.5. The van der Waals surface area contributed by atoms with Gasteiger partial charge in [-0.1, -0.05) is 30.7 Å². The molecule has 2 atom stereocenters. The second kappa shape index (κ2) is 5.20. The Kier molecular flexibility index (Phi) is 3.60. The fourth-order valence-electron chi connectivity index (χ4n) is 3.42. The van der Waals surface area contributed by atoms with Crippen molar-refractivity contribution >= 4 is 11.6 Å². The lowest BCUT2D eigenvalue weighted by molar-refractivity contribution is 0.305. The van der Waals surface area contributed by atoms with Gasteiger partial charge in [-0.15, -0.1) is 0 Å². The molecule has 0 saturated carbocycles. The number of benzene rings is 1. The number of halogens is 1. The highest BCUT2D eigenvalue weighted by Gasteiger charge is 2.36. The molecule has 0 aromatic heterocycles. The standard InChI is InChI=1S/C15H21ClN2/c1-2-11-4-3-5-15(16)14(11)10-18-8-12-6-17-7-13(12)9-18/h3-5,12-13,17H,2,6-10H2,1H3/t12-,13+. The van der Waals surface area contributed by atoms with E-state index in [2.05, 4.69) is 29.3 Å². The first kappa shape index (κ1) is 12.5. The first-order valence-electron chi connectivity index (χ1n) is 6.97. The second-order valence-corrected chi connectivity index (χ2v) is 6.01. The summed E-state index contributed by atoms with van der Waals surface area (Å²) in [5.74, 6) is 1.72. The van der Waals surface area contributed by atoms with Crippen molar-refractivity contribution in [1.29, 1.82) is 0 Å². The molecule has 2 fully saturated rings. The van der Waals surface area contributed by atoms with Gasteiger partial charge in [-0.25, -0.2) is 0 Å². The van der Waals surface area contributed by atoms with Crippen molar-refractivity contribution in [2.45, 2.75) is 19.9 Å². The molecule has 0 aliphatic carbocycles. The third kappa shape index (κ3) is 2.29. The number of aryl methyl sites for hydroxylation is 1. The molecule has 0 unspecified atom stereocenters. The number of hydrogen-bond acceptors (Lipinski definition) is 2. The van der Waals surface area contributed by atoms with Gasteiger partial charge in [-0.2, -0.15) is 0 Å². The maximum Gasteiger partial charge on any atom is 0.0453 e. The Labute approximate surface area is 114 Å². The summed E-state index contributed by atoms with van der Waals surface area (Å²) >= 11 is 6.37. The van der Waals surface area contributed by atoms with Gasteiger partial charge in [0.1, 0.15) is 0 Å². The quantitative estimate of drug-likeness (QED) is 0.903. The lowest BCUT2D eigenvalue weighted by atomic mass is 10.0. The number of hydrogen-bond donors (Lipinski definition) is 1.